The largest absolute Gasteiger partial charge is 0.392 e. The predicted molar refractivity (Wildman–Crippen MR) is 54.2 cm³/mol. The van der Waals surface area contributed by atoms with Crippen molar-refractivity contribution in [3.8, 4) is 0 Å². The second kappa shape index (κ2) is 5.98. The molecule has 0 unspecified atom stereocenters. The van der Waals surface area contributed by atoms with Crippen molar-refractivity contribution in [1.29, 1.82) is 0 Å². The van der Waals surface area contributed by atoms with Crippen LogP contribution in [0.5, 0.6) is 0 Å². The molecule has 1 heterocycles. The molecular formula is C8H14OS2. The Balaban J connectivity index is 2.09. The van der Waals surface area contributed by atoms with Gasteiger partial charge in [-0.25, -0.2) is 0 Å². The van der Waals surface area contributed by atoms with Crippen molar-refractivity contribution in [1.82, 2.24) is 0 Å². The minimum absolute atomic E-state index is 0.183. The highest BCUT2D eigenvalue weighted by molar-refractivity contribution is 8.17. The molecule has 1 aliphatic heterocycles. The first-order chi connectivity index (χ1) is 5.43. The standard InChI is InChI=1S/C8H14OS2/c9-5-2-1-4-8-10-6-3-7-11-8/h1-2,8-9H,3-7H2. The van der Waals surface area contributed by atoms with Crippen molar-refractivity contribution in [2.75, 3.05) is 18.1 Å². The van der Waals surface area contributed by atoms with Crippen LogP contribution in [0.4, 0.5) is 0 Å². The van der Waals surface area contributed by atoms with Gasteiger partial charge in [0.05, 0.1) is 11.2 Å². The van der Waals surface area contributed by atoms with Crippen LogP contribution < -0.4 is 0 Å². The SMILES string of the molecule is OCC=CCC1SCCCS1. The number of aliphatic hydroxyl groups is 1. The van der Waals surface area contributed by atoms with E-state index in [0.717, 1.165) is 11.0 Å². The minimum atomic E-state index is 0.183. The molecule has 64 valence electrons. The van der Waals surface area contributed by atoms with Crippen LogP contribution in [0.2, 0.25) is 0 Å². The third kappa shape index (κ3) is 4.09. The second-order valence-corrected chi connectivity index (χ2v) is 5.33. The van der Waals surface area contributed by atoms with Gasteiger partial charge >= 0.3 is 0 Å². The topological polar surface area (TPSA) is 20.2 Å². The van der Waals surface area contributed by atoms with Crippen LogP contribution in [0.3, 0.4) is 0 Å². The van der Waals surface area contributed by atoms with Gasteiger partial charge in [0, 0.05) is 0 Å². The van der Waals surface area contributed by atoms with Crippen molar-refractivity contribution < 1.29 is 5.11 Å². The highest BCUT2D eigenvalue weighted by Gasteiger charge is 2.11. The first-order valence-electron chi connectivity index (χ1n) is 3.92. The zero-order valence-electron chi connectivity index (χ0n) is 6.53. The molecule has 1 rings (SSSR count). The Bertz CT molecular complexity index is 119. The van der Waals surface area contributed by atoms with Gasteiger partial charge in [-0.15, -0.1) is 23.5 Å². The Morgan fingerprint density at radius 1 is 1.27 bits per heavy atom. The molecule has 1 aliphatic rings. The quantitative estimate of drug-likeness (QED) is 0.688. The van der Waals surface area contributed by atoms with Gasteiger partial charge in [-0.2, -0.15) is 0 Å². The number of hydrogen-bond acceptors (Lipinski definition) is 3. The summed E-state index contributed by atoms with van der Waals surface area (Å²) < 4.78 is 0.742. The Kier molecular flexibility index (Phi) is 5.15. The Labute approximate surface area is 76.6 Å². The molecule has 0 spiro atoms. The lowest BCUT2D eigenvalue weighted by atomic mass is 10.4. The summed E-state index contributed by atoms with van der Waals surface area (Å²) in [5.74, 6) is 2.62. The van der Waals surface area contributed by atoms with Gasteiger partial charge in [0.15, 0.2) is 0 Å². The average molecular weight is 190 g/mol. The summed E-state index contributed by atoms with van der Waals surface area (Å²) >= 11 is 4.09. The molecule has 0 amide bonds. The summed E-state index contributed by atoms with van der Waals surface area (Å²) in [7, 11) is 0. The Hall–Kier alpha value is 0.400. The number of rotatable bonds is 3. The Morgan fingerprint density at radius 2 is 2.00 bits per heavy atom. The van der Waals surface area contributed by atoms with E-state index in [1.807, 2.05) is 29.6 Å². The lowest BCUT2D eigenvalue weighted by molar-refractivity contribution is 0.342. The van der Waals surface area contributed by atoms with Crippen LogP contribution in [0, 0.1) is 0 Å². The molecule has 0 atom stereocenters. The fourth-order valence-corrected chi connectivity index (χ4v) is 3.74. The van der Waals surface area contributed by atoms with E-state index >= 15 is 0 Å². The first kappa shape index (κ1) is 9.49. The molecule has 0 radical (unpaired) electrons. The van der Waals surface area contributed by atoms with E-state index in [4.69, 9.17) is 5.11 Å². The van der Waals surface area contributed by atoms with Crippen molar-refractivity contribution in [3.05, 3.63) is 12.2 Å². The molecule has 0 saturated carbocycles. The molecular weight excluding hydrogens is 176 g/mol. The lowest BCUT2D eigenvalue weighted by Crippen LogP contribution is -2.05. The second-order valence-electron chi connectivity index (χ2n) is 2.41. The zero-order valence-corrected chi connectivity index (χ0v) is 8.16. The summed E-state index contributed by atoms with van der Waals surface area (Å²) in [6, 6.07) is 0. The summed E-state index contributed by atoms with van der Waals surface area (Å²) in [6.07, 6.45) is 6.37. The molecule has 0 aliphatic carbocycles. The maximum atomic E-state index is 8.50. The molecule has 1 N–H and O–H groups in total. The molecule has 1 fully saturated rings. The monoisotopic (exact) mass is 190 g/mol. The molecule has 0 bridgehead atoms. The van der Waals surface area contributed by atoms with Crippen molar-refractivity contribution in [2.24, 2.45) is 0 Å². The highest BCUT2D eigenvalue weighted by Crippen LogP contribution is 2.32. The van der Waals surface area contributed by atoms with E-state index in [1.165, 1.54) is 17.9 Å². The van der Waals surface area contributed by atoms with E-state index < -0.39 is 0 Å². The molecule has 0 aromatic carbocycles. The fraction of sp³-hybridized carbons (Fsp3) is 0.750. The lowest BCUT2D eigenvalue weighted by Gasteiger charge is -2.18. The fourth-order valence-electron chi connectivity index (χ4n) is 0.955. The molecule has 0 aromatic heterocycles. The third-order valence-corrected chi connectivity index (χ3v) is 4.49. The molecule has 0 aromatic rings. The zero-order chi connectivity index (χ0) is 7.94. The van der Waals surface area contributed by atoms with Crippen molar-refractivity contribution in [2.45, 2.75) is 17.4 Å². The summed E-state index contributed by atoms with van der Waals surface area (Å²) in [4.78, 5) is 0. The van der Waals surface area contributed by atoms with E-state index in [-0.39, 0.29) is 6.61 Å². The van der Waals surface area contributed by atoms with E-state index in [2.05, 4.69) is 6.08 Å². The van der Waals surface area contributed by atoms with Gasteiger partial charge < -0.3 is 5.11 Å². The molecule has 1 nitrogen and oxygen atoms in total. The van der Waals surface area contributed by atoms with Crippen LogP contribution in [-0.2, 0) is 0 Å². The molecule has 3 heteroatoms. The van der Waals surface area contributed by atoms with E-state index in [0.29, 0.717) is 0 Å². The van der Waals surface area contributed by atoms with Crippen LogP contribution in [0.1, 0.15) is 12.8 Å². The van der Waals surface area contributed by atoms with Crippen LogP contribution >= 0.6 is 23.5 Å². The maximum Gasteiger partial charge on any atom is 0.0612 e. The summed E-state index contributed by atoms with van der Waals surface area (Å²) in [5, 5.41) is 8.50. The van der Waals surface area contributed by atoms with Crippen molar-refractivity contribution >= 4 is 23.5 Å². The van der Waals surface area contributed by atoms with Gasteiger partial charge in [0.25, 0.3) is 0 Å². The third-order valence-electron chi connectivity index (χ3n) is 1.50. The van der Waals surface area contributed by atoms with Gasteiger partial charge in [-0.3, -0.25) is 0 Å². The molecule has 1 saturated heterocycles. The van der Waals surface area contributed by atoms with Gasteiger partial charge in [0.2, 0.25) is 0 Å². The smallest absolute Gasteiger partial charge is 0.0612 e. The van der Waals surface area contributed by atoms with Gasteiger partial charge in [0.1, 0.15) is 0 Å². The van der Waals surface area contributed by atoms with Gasteiger partial charge in [-0.1, -0.05) is 12.2 Å². The van der Waals surface area contributed by atoms with Crippen LogP contribution in [0.25, 0.3) is 0 Å². The molecule has 11 heavy (non-hydrogen) atoms. The number of aliphatic hydroxyl groups excluding tert-OH is 1. The average Bonchev–Trinajstić information content (AvgIpc) is 2.07. The maximum absolute atomic E-state index is 8.50. The normalized spacial score (nSPS) is 21.2. The number of hydrogen-bond donors (Lipinski definition) is 1. The summed E-state index contributed by atoms with van der Waals surface area (Å²) in [5.41, 5.74) is 0. The van der Waals surface area contributed by atoms with E-state index in [1.54, 1.807) is 0 Å². The van der Waals surface area contributed by atoms with Gasteiger partial charge in [-0.05, 0) is 24.3 Å². The minimum Gasteiger partial charge on any atom is -0.392 e. The van der Waals surface area contributed by atoms with Crippen LogP contribution in [-0.4, -0.2) is 27.8 Å². The highest BCUT2D eigenvalue weighted by atomic mass is 32.2. The first-order valence-corrected chi connectivity index (χ1v) is 6.02. The predicted octanol–water partition coefficient (Wildman–Crippen LogP) is 2.12. The van der Waals surface area contributed by atoms with Crippen LogP contribution in [0.15, 0.2) is 12.2 Å². The number of thioether (sulfide) groups is 2. The summed E-state index contributed by atoms with van der Waals surface area (Å²) in [6.45, 7) is 0.183. The van der Waals surface area contributed by atoms with E-state index in [9.17, 15) is 0 Å². The van der Waals surface area contributed by atoms with Crippen molar-refractivity contribution in [3.63, 3.8) is 0 Å². The number of allylic oxidation sites excluding steroid dienone is 1. The Morgan fingerprint density at radius 3 is 2.64 bits per heavy atom.